The van der Waals surface area contributed by atoms with Gasteiger partial charge in [-0.25, -0.2) is 0 Å². The van der Waals surface area contributed by atoms with E-state index in [9.17, 15) is 0 Å². The zero-order valence-corrected chi connectivity index (χ0v) is 13.0. The number of rotatable bonds is 6. The zero-order valence-electron chi connectivity index (χ0n) is 13.0. The lowest BCUT2D eigenvalue weighted by molar-refractivity contribution is 0.369. The molecule has 0 heterocycles. The third kappa shape index (κ3) is 3.04. The van der Waals surface area contributed by atoms with Gasteiger partial charge in [-0.1, -0.05) is 63.1 Å². The average Bonchev–Trinajstić information content (AvgIpc) is 2.46. The molecule has 2 N–H and O–H groups in total. The number of aryl methyl sites for hydroxylation is 1. The van der Waals surface area contributed by atoms with Crippen LogP contribution in [0.4, 0.5) is 0 Å². The summed E-state index contributed by atoms with van der Waals surface area (Å²) < 4.78 is 0. The van der Waals surface area contributed by atoms with Gasteiger partial charge in [-0.05, 0) is 47.6 Å². The Labute approximate surface area is 123 Å². The van der Waals surface area contributed by atoms with Crippen molar-refractivity contribution in [3.63, 3.8) is 0 Å². The van der Waals surface area contributed by atoms with Crippen molar-refractivity contribution >= 4 is 10.8 Å². The van der Waals surface area contributed by atoms with Gasteiger partial charge in [0.05, 0.1) is 0 Å². The van der Waals surface area contributed by atoms with E-state index in [-0.39, 0.29) is 6.04 Å². The second-order valence-electron chi connectivity index (χ2n) is 5.88. The standard InChI is InChI=1S/C19H27N/c1-4-8-16(9-5-2)19(20)18-14(3)12-13-15-10-6-7-11-17(15)18/h6-7,10-13,16,19H,4-5,8-9,20H2,1-3H3. The highest BCUT2D eigenvalue weighted by Crippen LogP contribution is 2.34. The van der Waals surface area contributed by atoms with Gasteiger partial charge in [0.25, 0.3) is 0 Å². The summed E-state index contributed by atoms with van der Waals surface area (Å²) in [4.78, 5) is 0. The molecule has 1 unspecified atom stereocenters. The maximum atomic E-state index is 6.68. The monoisotopic (exact) mass is 269 g/mol. The normalized spacial score (nSPS) is 13.1. The van der Waals surface area contributed by atoms with Crippen molar-refractivity contribution in [1.82, 2.24) is 0 Å². The summed E-state index contributed by atoms with van der Waals surface area (Å²) in [5, 5.41) is 2.63. The largest absolute Gasteiger partial charge is 0.324 e. The van der Waals surface area contributed by atoms with E-state index in [1.165, 1.54) is 47.6 Å². The smallest absolute Gasteiger partial charge is 0.0332 e. The maximum absolute atomic E-state index is 6.68. The highest BCUT2D eigenvalue weighted by Gasteiger charge is 2.21. The number of hydrogen-bond acceptors (Lipinski definition) is 1. The van der Waals surface area contributed by atoms with Gasteiger partial charge in [0.2, 0.25) is 0 Å². The fraction of sp³-hybridized carbons (Fsp3) is 0.474. The van der Waals surface area contributed by atoms with Crippen LogP contribution in [0.25, 0.3) is 10.8 Å². The quantitative estimate of drug-likeness (QED) is 0.750. The third-order valence-electron chi connectivity index (χ3n) is 4.35. The van der Waals surface area contributed by atoms with Crippen LogP contribution in [0.1, 0.15) is 56.7 Å². The molecule has 0 radical (unpaired) electrons. The van der Waals surface area contributed by atoms with Crippen molar-refractivity contribution < 1.29 is 0 Å². The van der Waals surface area contributed by atoms with E-state index in [2.05, 4.69) is 57.2 Å². The van der Waals surface area contributed by atoms with Crippen LogP contribution >= 0.6 is 0 Å². The minimum Gasteiger partial charge on any atom is -0.324 e. The highest BCUT2D eigenvalue weighted by atomic mass is 14.7. The molecule has 0 bridgehead atoms. The van der Waals surface area contributed by atoms with E-state index >= 15 is 0 Å². The van der Waals surface area contributed by atoms with Crippen LogP contribution in [0.5, 0.6) is 0 Å². The highest BCUT2D eigenvalue weighted by molar-refractivity contribution is 5.87. The van der Waals surface area contributed by atoms with Gasteiger partial charge in [-0.15, -0.1) is 0 Å². The van der Waals surface area contributed by atoms with E-state index in [1.54, 1.807) is 0 Å². The van der Waals surface area contributed by atoms with Gasteiger partial charge in [-0.3, -0.25) is 0 Å². The third-order valence-corrected chi connectivity index (χ3v) is 4.35. The van der Waals surface area contributed by atoms with Crippen LogP contribution in [0.3, 0.4) is 0 Å². The maximum Gasteiger partial charge on any atom is 0.0332 e. The van der Waals surface area contributed by atoms with Gasteiger partial charge < -0.3 is 5.73 Å². The fourth-order valence-electron chi connectivity index (χ4n) is 3.33. The molecule has 1 heteroatoms. The predicted octanol–water partition coefficient (Wildman–Crippen LogP) is 5.36. The Morgan fingerprint density at radius 1 is 0.950 bits per heavy atom. The van der Waals surface area contributed by atoms with Gasteiger partial charge in [0, 0.05) is 6.04 Å². The van der Waals surface area contributed by atoms with Crippen LogP contribution in [-0.2, 0) is 0 Å². The molecule has 0 aliphatic carbocycles. The minimum atomic E-state index is 0.154. The van der Waals surface area contributed by atoms with Gasteiger partial charge in [0.1, 0.15) is 0 Å². The zero-order chi connectivity index (χ0) is 14.5. The Kier molecular flexibility index (Phi) is 5.19. The number of benzene rings is 2. The molecule has 2 rings (SSSR count). The number of nitrogens with two attached hydrogens (primary N) is 1. The first-order valence-corrected chi connectivity index (χ1v) is 7.92. The molecule has 0 aliphatic heterocycles. The predicted molar refractivity (Wildman–Crippen MR) is 88.9 cm³/mol. The summed E-state index contributed by atoms with van der Waals surface area (Å²) in [6, 6.07) is 13.2. The summed E-state index contributed by atoms with van der Waals surface area (Å²) in [5.41, 5.74) is 9.36. The van der Waals surface area contributed by atoms with Gasteiger partial charge >= 0.3 is 0 Å². The summed E-state index contributed by atoms with van der Waals surface area (Å²) in [7, 11) is 0. The van der Waals surface area contributed by atoms with E-state index in [0.29, 0.717) is 5.92 Å². The van der Waals surface area contributed by atoms with Crippen molar-refractivity contribution in [2.75, 3.05) is 0 Å². The average molecular weight is 269 g/mol. The van der Waals surface area contributed by atoms with Crippen LogP contribution in [0.2, 0.25) is 0 Å². The fourth-order valence-corrected chi connectivity index (χ4v) is 3.33. The first kappa shape index (κ1) is 15.1. The van der Waals surface area contributed by atoms with E-state index < -0.39 is 0 Å². The van der Waals surface area contributed by atoms with Crippen LogP contribution in [0.15, 0.2) is 36.4 Å². The molecule has 0 aromatic heterocycles. The Morgan fingerprint density at radius 2 is 1.60 bits per heavy atom. The van der Waals surface area contributed by atoms with Crippen LogP contribution in [-0.4, -0.2) is 0 Å². The molecule has 0 fully saturated rings. The second kappa shape index (κ2) is 6.90. The van der Waals surface area contributed by atoms with E-state index in [0.717, 1.165) is 0 Å². The topological polar surface area (TPSA) is 26.0 Å². The second-order valence-corrected chi connectivity index (χ2v) is 5.88. The van der Waals surface area contributed by atoms with Crippen molar-refractivity contribution in [3.05, 3.63) is 47.5 Å². The van der Waals surface area contributed by atoms with Crippen molar-refractivity contribution in [1.29, 1.82) is 0 Å². The Balaban J connectivity index is 2.46. The first-order chi connectivity index (χ1) is 9.69. The Morgan fingerprint density at radius 3 is 2.25 bits per heavy atom. The van der Waals surface area contributed by atoms with Gasteiger partial charge in [-0.2, -0.15) is 0 Å². The Bertz CT molecular complexity index is 553. The van der Waals surface area contributed by atoms with E-state index in [1.807, 2.05) is 0 Å². The summed E-state index contributed by atoms with van der Waals surface area (Å²) in [6.07, 6.45) is 4.86. The first-order valence-electron chi connectivity index (χ1n) is 7.92. The number of hydrogen-bond donors (Lipinski definition) is 1. The molecule has 1 nitrogen and oxygen atoms in total. The van der Waals surface area contributed by atoms with Crippen LogP contribution in [0, 0.1) is 12.8 Å². The summed E-state index contributed by atoms with van der Waals surface area (Å²) in [6.45, 7) is 6.70. The summed E-state index contributed by atoms with van der Waals surface area (Å²) in [5.74, 6) is 0.592. The molecule has 108 valence electrons. The molecule has 2 aromatic carbocycles. The Hall–Kier alpha value is -1.34. The molecule has 0 saturated heterocycles. The molecule has 0 aliphatic rings. The lowest BCUT2D eigenvalue weighted by Gasteiger charge is -2.26. The molecule has 0 saturated carbocycles. The minimum absolute atomic E-state index is 0.154. The molecular formula is C19H27N. The lowest BCUT2D eigenvalue weighted by Crippen LogP contribution is -2.22. The van der Waals surface area contributed by atoms with Gasteiger partial charge in [0.15, 0.2) is 0 Å². The summed E-state index contributed by atoms with van der Waals surface area (Å²) >= 11 is 0. The molecule has 20 heavy (non-hydrogen) atoms. The van der Waals surface area contributed by atoms with Crippen LogP contribution < -0.4 is 5.73 Å². The molecule has 1 atom stereocenters. The number of fused-ring (bicyclic) bond motifs is 1. The van der Waals surface area contributed by atoms with E-state index in [4.69, 9.17) is 5.73 Å². The molecular weight excluding hydrogens is 242 g/mol. The lowest BCUT2D eigenvalue weighted by atomic mass is 9.83. The van der Waals surface area contributed by atoms with Crippen molar-refractivity contribution in [3.8, 4) is 0 Å². The molecule has 0 amide bonds. The SMILES string of the molecule is CCCC(CCC)C(N)c1c(C)ccc2ccccc12. The van der Waals surface area contributed by atoms with Crippen molar-refractivity contribution in [2.24, 2.45) is 11.7 Å². The van der Waals surface area contributed by atoms with Crippen molar-refractivity contribution in [2.45, 2.75) is 52.5 Å². The molecule has 0 spiro atoms. The molecule has 2 aromatic rings.